The Balaban J connectivity index is 1.95. The Kier molecular flexibility index (Phi) is 5.61. The molecule has 2 N–H and O–H groups in total. The summed E-state index contributed by atoms with van der Waals surface area (Å²) in [4.78, 5) is 20.1. The number of nitrogens with two attached hydrogens (primary N) is 1. The van der Waals surface area contributed by atoms with Gasteiger partial charge >= 0.3 is 5.97 Å². The summed E-state index contributed by atoms with van der Waals surface area (Å²) in [6.45, 7) is 0.424. The minimum absolute atomic E-state index is 0.0572. The van der Waals surface area contributed by atoms with Gasteiger partial charge < -0.3 is 10.5 Å². The van der Waals surface area contributed by atoms with E-state index in [1.165, 1.54) is 36.0 Å². The number of anilines is 1. The van der Waals surface area contributed by atoms with Crippen LogP contribution in [0.15, 0.2) is 24.4 Å². The van der Waals surface area contributed by atoms with Gasteiger partial charge in [-0.15, -0.1) is 0 Å². The number of aromatic nitrogens is 2. The second-order valence-electron chi connectivity index (χ2n) is 6.60. The van der Waals surface area contributed by atoms with E-state index in [2.05, 4.69) is 14.7 Å². The van der Waals surface area contributed by atoms with Crippen molar-refractivity contribution in [1.29, 1.82) is 0 Å². The summed E-state index contributed by atoms with van der Waals surface area (Å²) < 4.78 is 44.2. The standard InChI is InChI=1S/C18H21FN4O4S/c1-27-18(24)12-7-6-11(9-13(12)19)16-17(20)22-14(10-21-16)15-5-3-4-8-23(15)28(2,25)26/h6-7,9-10,15H,3-5,8H2,1-2H3,(H2,20,22). The fourth-order valence-corrected chi connectivity index (χ4v) is 4.47. The normalized spacial score (nSPS) is 18.0. The molecule has 0 amide bonds. The van der Waals surface area contributed by atoms with Crippen LogP contribution in [-0.4, -0.2) is 48.6 Å². The molecular formula is C18H21FN4O4S. The molecule has 1 unspecified atom stereocenters. The molecule has 1 aromatic heterocycles. The fraction of sp³-hybridized carbons (Fsp3) is 0.389. The summed E-state index contributed by atoms with van der Waals surface area (Å²) in [5.74, 6) is -1.48. The van der Waals surface area contributed by atoms with E-state index in [1.54, 1.807) is 0 Å². The van der Waals surface area contributed by atoms with E-state index < -0.39 is 27.9 Å². The number of ether oxygens (including phenoxy) is 1. The minimum atomic E-state index is -3.39. The van der Waals surface area contributed by atoms with Gasteiger partial charge in [0, 0.05) is 12.1 Å². The lowest BCUT2D eigenvalue weighted by Gasteiger charge is -2.33. The number of methoxy groups -OCH3 is 1. The van der Waals surface area contributed by atoms with E-state index in [0.29, 0.717) is 24.2 Å². The van der Waals surface area contributed by atoms with Crippen LogP contribution in [0.2, 0.25) is 0 Å². The second kappa shape index (κ2) is 7.80. The van der Waals surface area contributed by atoms with Crippen molar-refractivity contribution < 1.29 is 22.3 Å². The highest BCUT2D eigenvalue weighted by Crippen LogP contribution is 2.33. The number of piperidine rings is 1. The zero-order valence-electron chi connectivity index (χ0n) is 15.6. The van der Waals surface area contributed by atoms with Crippen LogP contribution in [0.5, 0.6) is 0 Å². The Hall–Kier alpha value is -2.59. The van der Waals surface area contributed by atoms with Gasteiger partial charge in [0.1, 0.15) is 17.3 Å². The summed E-state index contributed by atoms with van der Waals surface area (Å²) >= 11 is 0. The smallest absolute Gasteiger partial charge is 0.340 e. The molecule has 2 aromatic rings. The largest absolute Gasteiger partial charge is 0.465 e. The number of rotatable bonds is 4. The number of carbonyl (C=O) groups is 1. The maximum absolute atomic E-state index is 14.2. The third-order valence-electron chi connectivity index (χ3n) is 4.69. The Bertz CT molecular complexity index is 1010. The summed E-state index contributed by atoms with van der Waals surface area (Å²) in [6, 6.07) is 3.50. The van der Waals surface area contributed by atoms with E-state index in [-0.39, 0.29) is 17.1 Å². The highest BCUT2D eigenvalue weighted by molar-refractivity contribution is 7.88. The third kappa shape index (κ3) is 3.97. The van der Waals surface area contributed by atoms with Gasteiger partial charge in [-0.3, -0.25) is 4.98 Å². The fourth-order valence-electron chi connectivity index (χ4n) is 3.34. The quantitative estimate of drug-likeness (QED) is 0.771. The molecule has 10 heteroatoms. The lowest BCUT2D eigenvalue weighted by molar-refractivity contribution is 0.0595. The number of nitrogen functional groups attached to an aromatic ring is 1. The highest BCUT2D eigenvalue weighted by atomic mass is 32.2. The number of hydrogen-bond acceptors (Lipinski definition) is 7. The van der Waals surface area contributed by atoms with Crippen LogP contribution in [0.1, 0.15) is 41.4 Å². The first-order valence-electron chi connectivity index (χ1n) is 8.70. The molecule has 1 saturated heterocycles. The number of carbonyl (C=O) groups excluding carboxylic acids is 1. The lowest BCUT2D eigenvalue weighted by Crippen LogP contribution is -2.38. The lowest BCUT2D eigenvalue weighted by atomic mass is 10.0. The summed E-state index contributed by atoms with van der Waals surface area (Å²) in [5.41, 5.74) is 6.90. The van der Waals surface area contributed by atoms with Crippen molar-refractivity contribution in [2.45, 2.75) is 25.3 Å². The van der Waals surface area contributed by atoms with Gasteiger partial charge in [-0.1, -0.05) is 12.5 Å². The van der Waals surface area contributed by atoms with Crippen molar-refractivity contribution in [1.82, 2.24) is 14.3 Å². The molecule has 0 spiro atoms. The Morgan fingerprint density at radius 2 is 2.11 bits per heavy atom. The number of nitrogens with zero attached hydrogens (tertiary/aromatic N) is 3. The monoisotopic (exact) mass is 408 g/mol. The highest BCUT2D eigenvalue weighted by Gasteiger charge is 2.32. The Morgan fingerprint density at radius 3 is 2.71 bits per heavy atom. The molecule has 8 nitrogen and oxygen atoms in total. The molecule has 2 heterocycles. The van der Waals surface area contributed by atoms with Crippen molar-refractivity contribution in [3.63, 3.8) is 0 Å². The molecule has 28 heavy (non-hydrogen) atoms. The molecule has 3 rings (SSSR count). The van der Waals surface area contributed by atoms with Crippen LogP contribution < -0.4 is 5.73 Å². The van der Waals surface area contributed by atoms with E-state index in [1.807, 2.05) is 0 Å². The maximum atomic E-state index is 14.2. The second-order valence-corrected chi connectivity index (χ2v) is 8.54. The molecule has 0 radical (unpaired) electrons. The van der Waals surface area contributed by atoms with Gasteiger partial charge in [-0.05, 0) is 25.0 Å². The predicted octanol–water partition coefficient (Wildman–Crippen LogP) is 2.14. The van der Waals surface area contributed by atoms with Crippen LogP contribution in [0, 0.1) is 5.82 Å². The maximum Gasteiger partial charge on any atom is 0.340 e. The molecular weight excluding hydrogens is 387 g/mol. The van der Waals surface area contributed by atoms with Gasteiger partial charge in [0.2, 0.25) is 10.0 Å². The van der Waals surface area contributed by atoms with Gasteiger partial charge in [-0.25, -0.2) is 22.6 Å². The molecule has 0 aliphatic carbocycles. The van der Waals surface area contributed by atoms with Crippen LogP contribution in [0.3, 0.4) is 0 Å². The molecule has 1 aromatic carbocycles. The number of sulfonamides is 1. The van der Waals surface area contributed by atoms with E-state index >= 15 is 0 Å². The summed E-state index contributed by atoms with van der Waals surface area (Å²) in [6.07, 6.45) is 4.92. The van der Waals surface area contributed by atoms with Crippen LogP contribution in [0.4, 0.5) is 10.2 Å². The molecule has 1 aliphatic heterocycles. The van der Waals surface area contributed by atoms with Gasteiger partial charge in [0.15, 0.2) is 0 Å². The van der Waals surface area contributed by atoms with Gasteiger partial charge in [0.05, 0.1) is 36.9 Å². The molecule has 1 aliphatic rings. The van der Waals surface area contributed by atoms with Crippen molar-refractivity contribution in [3.05, 3.63) is 41.5 Å². The summed E-state index contributed by atoms with van der Waals surface area (Å²) in [5, 5.41) is 0. The zero-order chi connectivity index (χ0) is 20.5. The number of benzene rings is 1. The number of hydrogen-bond donors (Lipinski definition) is 1. The predicted molar refractivity (Wildman–Crippen MR) is 101 cm³/mol. The molecule has 150 valence electrons. The third-order valence-corrected chi connectivity index (χ3v) is 5.98. The number of esters is 1. The van der Waals surface area contributed by atoms with Gasteiger partial charge in [0.25, 0.3) is 0 Å². The first-order valence-corrected chi connectivity index (χ1v) is 10.5. The Morgan fingerprint density at radius 1 is 1.36 bits per heavy atom. The van der Waals surface area contributed by atoms with E-state index in [4.69, 9.17) is 5.73 Å². The van der Waals surface area contributed by atoms with Crippen LogP contribution in [-0.2, 0) is 14.8 Å². The minimum Gasteiger partial charge on any atom is -0.465 e. The molecule has 0 bridgehead atoms. The first kappa shape index (κ1) is 20.2. The van der Waals surface area contributed by atoms with Crippen LogP contribution >= 0.6 is 0 Å². The average molecular weight is 408 g/mol. The topological polar surface area (TPSA) is 115 Å². The van der Waals surface area contributed by atoms with Crippen LogP contribution in [0.25, 0.3) is 11.3 Å². The molecule has 1 atom stereocenters. The van der Waals surface area contributed by atoms with Crippen molar-refractivity contribution in [2.75, 3.05) is 25.6 Å². The SMILES string of the molecule is COC(=O)c1ccc(-c2ncc(C3CCCCN3S(C)(=O)=O)nc2N)cc1F. The van der Waals surface area contributed by atoms with Crippen molar-refractivity contribution in [2.24, 2.45) is 0 Å². The number of halogens is 1. The zero-order valence-corrected chi connectivity index (χ0v) is 16.4. The van der Waals surface area contributed by atoms with Crippen molar-refractivity contribution in [3.8, 4) is 11.3 Å². The van der Waals surface area contributed by atoms with E-state index in [0.717, 1.165) is 18.9 Å². The van der Waals surface area contributed by atoms with E-state index in [9.17, 15) is 17.6 Å². The Labute approximate surface area is 162 Å². The molecule has 1 fully saturated rings. The summed E-state index contributed by atoms with van der Waals surface area (Å²) in [7, 11) is -2.22. The average Bonchev–Trinajstić information content (AvgIpc) is 2.66. The van der Waals surface area contributed by atoms with Crippen molar-refractivity contribution >= 4 is 21.8 Å². The first-order chi connectivity index (χ1) is 13.2. The van der Waals surface area contributed by atoms with Gasteiger partial charge in [-0.2, -0.15) is 4.31 Å². The molecule has 0 saturated carbocycles.